The maximum Gasteiger partial charge on any atom is 0.170 e. The van der Waals surface area contributed by atoms with E-state index in [-0.39, 0.29) is 11.8 Å². The second-order valence-electron chi connectivity index (χ2n) is 8.41. The quantitative estimate of drug-likeness (QED) is 0.577. The van der Waals surface area contributed by atoms with E-state index in [1.807, 2.05) is 25.2 Å². The van der Waals surface area contributed by atoms with Crippen LogP contribution >= 0.6 is 0 Å². The van der Waals surface area contributed by atoms with E-state index >= 15 is 0 Å². The molecule has 2 unspecified atom stereocenters. The lowest BCUT2D eigenvalue weighted by atomic mass is 9.67. The third kappa shape index (κ3) is 5.11. The van der Waals surface area contributed by atoms with E-state index in [9.17, 15) is 4.79 Å². The summed E-state index contributed by atoms with van der Waals surface area (Å²) in [6.07, 6.45) is 3.75. The van der Waals surface area contributed by atoms with Gasteiger partial charge < -0.3 is 15.0 Å². The first-order valence-electron chi connectivity index (χ1n) is 11.3. The first-order valence-corrected chi connectivity index (χ1v) is 11.3. The molecule has 2 aromatic carbocycles. The van der Waals surface area contributed by atoms with Gasteiger partial charge in [0, 0.05) is 30.4 Å². The molecule has 0 saturated carbocycles. The van der Waals surface area contributed by atoms with Gasteiger partial charge in [0.25, 0.3) is 0 Å². The highest BCUT2D eigenvalue weighted by Crippen LogP contribution is 2.37. The molecule has 1 fully saturated rings. The van der Waals surface area contributed by atoms with E-state index in [0.717, 1.165) is 57.6 Å². The summed E-state index contributed by atoms with van der Waals surface area (Å²) in [7, 11) is 1.96. The van der Waals surface area contributed by atoms with Gasteiger partial charge in [-0.15, -0.1) is 0 Å². The zero-order valence-corrected chi connectivity index (χ0v) is 18.7. The molecule has 0 aliphatic carbocycles. The third-order valence-corrected chi connectivity index (χ3v) is 6.56. The fourth-order valence-electron chi connectivity index (χ4n) is 4.51. The van der Waals surface area contributed by atoms with Crippen LogP contribution in [-0.2, 0) is 11.2 Å². The number of morpholine rings is 1. The molecule has 2 atom stereocenters. The van der Waals surface area contributed by atoms with Gasteiger partial charge in [0.05, 0.1) is 18.6 Å². The maximum atomic E-state index is 14.0. The Labute approximate surface area is 181 Å². The average molecular weight is 409 g/mol. The van der Waals surface area contributed by atoms with Gasteiger partial charge in [-0.25, -0.2) is 0 Å². The minimum atomic E-state index is -0.466. The van der Waals surface area contributed by atoms with Crippen LogP contribution in [0.3, 0.4) is 0 Å². The van der Waals surface area contributed by atoms with Crippen LogP contribution in [0.15, 0.2) is 54.6 Å². The van der Waals surface area contributed by atoms with Gasteiger partial charge in [0.2, 0.25) is 0 Å². The Morgan fingerprint density at radius 2 is 1.77 bits per heavy atom. The SMILES string of the molecule is CCCCC(Cc1ccccc1)(C(=O)c1ccc(N2CCOCC2)cc1)C(C)NC. The maximum absolute atomic E-state index is 14.0. The molecule has 1 heterocycles. The fraction of sp³-hybridized carbons (Fsp3) is 0.500. The van der Waals surface area contributed by atoms with E-state index in [1.165, 1.54) is 11.3 Å². The van der Waals surface area contributed by atoms with Crippen LogP contribution in [0.25, 0.3) is 0 Å². The van der Waals surface area contributed by atoms with Crippen molar-refractivity contribution in [2.75, 3.05) is 38.3 Å². The normalized spacial score (nSPS) is 17.4. The van der Waals surface area contributed by atoms with Crippen molar-refractivity contribution < 1.29 is 9.53 Å². The summed E-state index contributed by atoms with van der Waals surface area (Å²) < 4.78 is 5.46. The largest absolute Gasteiger partial charge is 0.378 e. The Morgan fingerprint density at radius 1 is 1.10 bits per heavy atom. The predicted octanol–water partition coefficient (Wildman–Crippen LogP) is 4.73. The number of nitrogens with one attached hydrogen (secondary N) is 1. The van der Waals surface area contributed by atoms with Gasteiger partial charge in [0.1, 0.15) is 0 Å². The number of hydrogen-bond donors (Lipinski definition) is 1. The van der Waals surface area contributed by atoms with Crippen LogP contribution in [0.1, 0.15) is 49.0 Å². The van der Waals surface area contributed by atoms with E-state index < -0.39 is 5.41 Å². The van der Waals surface area contributed by atoms with Crippen molar-refractivity contribution in [2.45, 2.75) is 45.6 Å². The highest BCUT2D eigenvalue weighted by molar-refractivity contribution is 6.01. The van der Waals surface area contributed by atoms with Crippen LogP contribution in [-0.4, -0.2) is 45.2 Å². The van der Waals surface area contributed by atoms with Crippen molar-refractivity contribution in [2.24, 2.45) is 5.41 Å². The minimum absolute atomic E-state index is 0.0793. The summed E-state index contributed by atoms with van der Waals surface area (Å²) in [5.74, 6) is 0.246. The van der Waals surface area contributed by atoms with E-state index in [2.05, 4.69) is 60.5 Å². The van der Waals surface area contributed by atoms with Gasteiger partial charge in [-0.2, -0.15) is 0 Å². The van der Waals surface area contributed by atoms with Gasteiger partial charge in [-0.3, -0.25) is 4.79 Å². The molecule has 0 radical (unpaired) electrons. The molecule has 30 heavy (non-hydrogen) atoms. The summed E-state index contributed by atoms with van der Waals surface area (Å²) in [6, 6.07) is 18.7. The van der Waals surface area contributed by atoms with Crippen molar-refractivity contribution >= 4 is 11.5 Å². The molecular formula is C26H36N2O2. The lowest BCUT2D eigenvalue weighted by molar-refractivity contribution is 0.0702. The molecule has 0 aromatic heterocycles. The summed E-state index contributed by atoms with van der Waals surface area (Å²) in [5, 5.41) is 3.41. The smallest absolute Gasteiger partial charge is 0.170 e. The Morgan fingerprint density at radius 3 is 2.37 bits per heavy atom. The third-order valence-electron chi connectivity index (χ3n) is 6.56. The lowest BCUT2D eigenvalue weighted by Gasteiger charge is -2.38. The van der Waals surface area contributed by atoms with Crippen molar-refractivity contribution in [3.8, 4) is 0 Å². The number of rotatable bonds is 10. The zero-order valence-electron chi connectivity index (χ0n) is 18.7. The number of carbonyl (C=O) groups excluding carboxylic acids is 1. The second kappa shape index (κ2) is 10.7. The summed E-state index contributed by atoms with van der Waals surface area (Å²) in [6.45, 7) is 7.67. The minimum Gasteiger partial charge on any atom is -0.378 e. The Balaban J connectivity index is 1.91. The summed E-state index contributed by atoms with van der Waals surface area (Å²) in [4.78, 5) is 16.3. The molecule has 1 aliphatic heterocycles. The van der Waals surface area contributed by atoms with Crippen LogP contribution in [0, 0.1) is 5.41 Å². The first kappa shape index (κ1) is 22.5. The number of hydrogen-bond acceptors (Lipinski definition) is 4. The topological polar surface area (TPSA) is 41.6 Å². The number of carbonyl (C=O) groups is 1. The number of anilines is 1. The summed E-state index contributed by atoms with van der Waals surface area (Å²) in [5.41, 5.74) is 2.72. The highest BCUT2D eigenvalue weighted by Gasteiger charge is 2.42. The Kier molecular flexibility index (Phi) is 8.06. The fourth-order valence-corrected chi connectivity index (χ4v) is 4.51. The number of benzene rings is 2. The zero-order chi connectivity index (χ0) is 21.4. The van der Waals surface area contributed by atoms with Crippen LogP contribution in [0.4, 0.5) is 5.69 Å². The van der Waals surface area contributed by atoms with Crippen molar-refractivity contribution in [1.29, 1.82) is 0 Å². The molecular weight excluding hydrogens is 372 g/mol. The molecule has 0 amide bonds. The van der Waals surface area contributed by atoms with E-state index in [4.69, 9.17) is 4.74 Å². The monoisotopic (exact) mass is 408 g/mol. The van der Waals surface area contributed by atoms with Gasteiger partial charge in [-0.1, -0.05) is 50.1 Å². The van der Waals surface area contributed by atoms with E-state index in [0.29, 0.717) is 0 Å². The highest BCUT2D eigenvalue weighted by atomic mass is 16.5. The number of ether oxygens (including phenoxy) is 1. The predicted molar refractivity (Wildman–Crippen MR) is 124 cm³/mol. The van der Waals surface area contributed by atoms with Crippen molar-refractivity contribution in [3.05, 3.63) is 65.7 Å². The van der Waals surface area contributed by atoms with Crippen molar-refractivity contribution in [1.82, 2.24) is 5.32 Å². The molecule has 1 N–H and O–H groups in total. The van der Waals surface area contributed by atoms with Crippen molar-refractivity contribution in [3.63, 3.8) is 0 Å². The molecule has 0 bridgehead atoms. The number of nitrogens with zero attached hydrogens (tertiary/aromatic N) is 1. The first-order chi connectivity index (χ1) is 14.6. The number of Topliss-reactive ketones (excluding diaryl/α,β-unsaturated/α-hetero) is 1. The molecule has 4 heteroatoms. The van der Waals surface area contributed by atoms with Gasteiger partial charge >= 0.3 is 0 Å². The Bertz CT molecular complexity index is 784. The molecule has 3 rings (SSSR count). The molecule has 2 aromatic rings. The standard InChI is InChI=1S/C26H36N2O2/c1-4-5-15-26(21(2)27-3,20-22-9-7-6-8-10-22)25(29)23-11-13-24(14-12-23)28-16-18-30-19-17-28/h6-14,21,27H,4-5,15-20H2,1-3H3. The summed E-state index contributed by atoms with van der Waals surface area (Å²) >= 11 is 0. The molecule has 162 valence electrons. The van der Waals surface area contributed by atoms with E-state index in [1.54, 1.807) is 0 Å². The Hall–Kier alpha value is -2.17. The van der Waals surface area contributed by atoms with Gasteiger partial charge in [-0.05, 0) is 56.6 Å². The van der Waals surface area contributed by atoms with Crippen LogP contribution in [0.2, 0.25) is 0 Å². The molecule has 4 nitrogen and oxygen atoms in total. The number of unbranched alkanes of at least 4 members (excludes halogenated alkanes) is 1. The van der Waals surface area contributed by atoms with Gasteiger partial charge in [0.15, 0.2) is 5.78 Å². The molecule has 1 saturated heterocycles. The van der Waals surface area contributed by atoms with Crippen LogP contribution in [0.5, 0.6) is 0 Å². The lowest BCUT2D eigenvalue weighted by Crippen LogP contribution is -2.49. The number of ketones is 1. The average Bonchev–Trinajstić information content (AvgIpc) is 2.82. The molecule has 1 aliphatic rings. The second-order valence-corrected chi connectivity index (χ2v) is 8.41. The molecule has 0 spiro atoms. The van der Waals surface area contributed by atoms with Crippen LogP contribution < -0.4 is 10.2 Å².